The van der Waals surface area contributed by atoms with E-state index in [0.29, 0.717) is 44.2 Å². The molecule has 0 N–H and O–H groups in total. The van der Waals surface area contributed by atoms with Crippen LogP contribution >= 0.6 is 11.6 Å². The van der Waals surface area contributed by atoms with Crippen molar-refractivity contribution in [2.24, 2.45) is 0 Å². The van der Waals surface area contributed by atoms with Crippen molar-refractivity contribution in [3.63, 3.8) is 0 Å². The molecule has 0 amide bonds. The van der Waals surface area contributed by atoms with Gasteiger partial charge in [-0.25, -0.2) is 4.79 Å². The Kier molecular flexibility index (Phi) is 7.66. The molecule has 5 aromatic rings. The van der Waals surface area contributed by atoms with E-state index in [9.17, 15) is 14.4 Å². The highest BCUT2D eigenvalue weighted by molar-refractivity contribution is 6.30. The van der Waals surface area contributed by atoms with Crippen LogP contribution in [0, 0.1) is 6.92 Å². The fraction of sp³-hybridized carbons (Fsp3) is 0.0938. The molecule has 0 spiro atoms. The molecule has 0 saturated heterocycles. The van der Waals surface area contributed by atoms with E-state index in [4.69, 9.17) is 25.8 Å². The highest BCUT2D eigenvalue weighted by Gasteiger charge is 2.24. The van der Waals surface area contributed by atoms with Crippen LogP contribution in [0.3, 0.4) is 0 Å². The smallest absolute Gasteiger partial charge is 0.347 e. The molecule has 0 radical (unpaired) electrons. The first kappa shape index (κ1) is 26.7. The second kappa shape index (κ2) is 11.5. The molecule has 40 heavy (non-hydrogen) atoms. The van der Waals surface area contributed by atoms with Crippen molar-refractivity contribution in [1.29, 1.82) is 0 Å². The van der Waals surface area contributed by atoms with Gasteiger partial charge in [-0.1, -0.05) is 41.9 Å². The zero-order valence-corrected chi connectivity index (χ0v) is 22.5. The Morgan fingerprint density at radius 1 is 0.800 bits per heavy atom. The van der Waals surface area contributed by atoms with Crippen molar-refractivity contribution in [1.82, 2.24) is 4.57 Å². The Hall–Kier alpha value is -4.88. The summed E-state index contributed by atoms with van der Waals surface area (Å²) in [6.07, 6.45) is -0.154. The summed E-state index contributed by atoms with van der Waals surface area (Å²) in [5.74, 6) is -0.504. The molecule has 0 fully saturated rings. The normalized spacial score (nSPS) is 10.8. The van der Waals surface area contributed by atoms with Gasteiger partial charge in [0, 0.05) is 21.7 Å². The molecule has 0 unspecified atom stereocenters. The Labute approximate surface area is 235 Å². The molecule has 1 aromatic heterocycles. The largest absolute Gasteiger partial charge is 0.497 e. The maximum Gasteiger partial charge on any atom is 0.347 e. The summed E-state index contributed by atoms with van der Waals surface area (Å²) in [5.41, 5.74) is 2.36. The van der Waals surface area contributed by atoms with E-state index >= 15 is 0 Å². The van der Waals surface area contributed by atoms with Crippen LogP contribution in [-0.4, -0.2) is 29.5 Å². The lowest BCUT2D eigenvalue weighted by Crippen LogP contribution is -2.17. The van der Waals surface area contributed by atoms with E-state index in [1.54, 1.807) is 97.5 Å². The SMILES string of the molecule is COc1ccc2c(c1)c(CC(=O)Oc1ccccc1C(=O)Oc1ccccc1)c(C)n2C(=O)c1ccc(Cl)cc1. The van der Waals surface area contributed by atoms with E-state index in [2.05, 4.69) is 0 Å². The first-order valence-corrected chi connectivity index (χ1v) is 12.8. The van der Waals surface area contributed by atoms with Crippen LogP contribution in [0.4, 0.5) is 0 Å². The lowest BCUT2D eigenvalue weighted by molar-refractivity contribution is -0.133. The first-order valence-electron chi connectivity index (χ1n) is 12.4. The molecule has 0 saturated carbocycles. The number of hydrogen-bond donors (Lipinski definition) is 0. The summed E-state index contributed by atoms with van der Waals surface area (Å²) in [4.78, 5) is 39.6. The molecule has 0 bridgehead atoms. The second-order valence-corrected chi connectivity index (χ2v) is 9.38. The van der Waals surface area contributed by atoms with Crippen molar-refractivity contribution in [3.05, 3.63) is 124 Å². The van der Waals surface area contributed by atoms with Crippen LogP contribution in [0.1, 0.15) is 32.0 Å². The summed E-state index contributed by atoms with van der Waals surface area (Å²) in [6.45, 7) is 1.77. The van der Waals surface area contributed by atoms with Crippen molar-refractivity contribution in [2.45, 2.75) is 13.3 Å². The number of ether oxygens (including phenoxy) is 3. The van der Waals surface area contributed by atoms with E-state index in [0.717, 1.165) is 0 Å². The average molecular weight is 554 g/mol. The monoisotopic (exact) mass is 553 g/mol. The third-order valence-electron chi connectivity index (χ3n) is 6.44. The number of hydrogen-bond acceptors (Lipinski definition) is 6. The van der Waals surface area contributed by atoms with Gasteiger partial charge in [0.2, 0.25) is 0 Å². The van der Waals surface area contributed by atoms with Crippen molar-refractivity contribution in [2.75, 3.05) is 7.11 Å². The van der Waals surface area contributed by atoms with Gasteiger partial charge in [0.15, 0.2) is 0 Å². The van der Waals surface area contributed by atoms with Crippen LogP contribution in [0.25, 0.3) is 10.9 Å². The zero-order valence-electron chi connectivity index (χ0n) is 21.7. The maximum absolute atomic E-state index is 13.5. The summed E-state index contributed by atoms with van der Waals surface area (Å²) >= 11 is 6.01. The number of benzene rings is 4. The predicted octanol–water partition coefficient (Wildman–Crippen LogP) is 6.67. The number of halogens is 1. The standard InChI is InChI=1S/C32H24ClNO6/c1-20-26(19-30(35)40-29-11-7-6-10-25(29)32(37)39-23-8-4-3-5-9-23)27-18-24(38-2)16-17-28(27)34(20)31(36)21-12-14-22(33)15-13-21/h3-18H,19H2,1-2H3. The van der Waals surface area contributed by atoms with Crippen LogP contribution in [0.15, 0.2) is 97.1 Å². The molecule has 0 aliphatic rings. The van der Waals surface area contributed by atoms with E-state index in [-0.39, 0.29) is 23.6 Å². The second-order valence-electron chi connectivity index (χ2n) is 8.94. The van der Waals surface area contributed by atoms with Gasteiger partial charge in [0.1, 0.15) is 22.8 Å². The molecule has 7 nitrogen and oxygen atoms in total. The van der Waals surface area contributed by atoms with Gasteiger partial charge < -0.3 is 14.2 Å². The van der Waals surface area contributed by atoms with Gasteiger partial charge in [-0.2, -0.15) is 0 Å². The van der Waals surface area contributed by atoms with Crippen LogP contribution in [0.2, 0.25) is 5.02 Å². The van der Waals surface area contributed by atoms with E-state index in [1.807, 2.05) is 6.07 Å². The van der Waals surface area contributed by atoms with Crippen molar-refractivity contribution in [3.8, 4) is 17.2 Å². The van der Waals surface area contributed by atoms with Crippen LogP contribution in [-0.2, 0) is 11.2 Å². The van der Waals surface area contributed by atoms with Gasteiger partial charge in [0.25, 0.3) is 5.91 Å². The van der Waals surface area contributed by atoms with Crippen LogP contribution in [0.5, 0.6) is 17.2 Å². The molecular formula is C32H24ClNO6. The zero-order chi connectivity index (χ0) is 28.2. The van der Waals surface area contributed by atoms with Gasteiger partial charge >= 0.3 is 11.9 Å². The molecule has 0 aliphatic carbocycles. The number of para-hydroxylation sites is 2. The minimum Gasteiger partial charge on any atom is -0.497 e. The highest BCUT2D eigenvalue weighted by atomic mass is 35.5. The van der Waals surface area contributed by atoms with Crippen LogP contribution < -0.4 is 14.2 Å². The molecule has 0 aliphatic heterocycles. The number of methoxy groups -OCH3 is 1. The summed E-state index contributed by atoms with van der Waals surface area (Å²) in [5, 5.41) is 1.19. The summed E-state index contributed by atoms with van der Waals surface area (Å²) in [6, 6.07) is 26.9. The number of rotatable bonds is 7. The van der Waals surface area contributed by atoms with E-state index in [1.165, 1.54) is 12.1 Å². The maximum atomic E-state index is 13.5. The van der Waals surface area contributed by atoms with Gasteiger partial charge in [-0.05, 0) is 79.2 Å². The lowest BCUT2D eigenvalue weighted by atomic mass is 10.1. The molecule has 200 valence electrons. The third kappa shape index (κ3) is 5.46. The number of carbonyl (C=O) groups excluding carboxylic acids is 3. The molecule has 1 heterocycles. The minimum atomic E-state index is -0.652. The molecular weight excluding hydrogens is 530 g/mol. The van der Waals surface area contributed by atoms with Gasteiger partial charge in [-0.15, -0.1) is 0 Å². The third-order valence-corrected chi connectivity index (χ3v) is 6.69. The molecule has 5 rings (SSSR count). The Morgan fingerprint density at radius 2 is 1.50 bits per heavy atom. The number of esters is 2. The fourth-order valence-corrected chi connectivity index (χ4v) is 4.60. The number of carbonyl (C=O) groups is 3. The van der Waals surface area contributed by atoms with Crippen molar-refractivity contribution >= 4 is 40.3 Å². The summed E-state index contributed by atoms with van der Waals surface area (Å²) < 4.78 is 18.0. The highest BCUT2D eigenvalue weighted by Crippen LogP contribution is 2.31. The van der Waals surface area contributed by atoms with Crippen molar-refractivity contribution < 1.29 is 28.6 Å². The van der Waals surface area contributed by atoms with E-state index < -0.39 is 11.9 Å². The fourth-order valence-electron chi connectivity index (χ4n) is 4.47. The Balaban J connectivity index is 1.46. The molecule has 4 aromatic carbocycles. The summed E-state index contributed by atoms with van der Waals surface area (Å²) in [7, 11) is 1.54. The number of nitrogens with zero attached hydrogens (tertiary/aromatic N) is 1. The topological polar surface area (TPSA) is 83.8 Å². The van der Waals surface area contributed by atoms with Gasteiger partial charge in [0.05, 0.1) is 19.0 Å². The first-order chi connectivity index (χ1) is 19.4. The number of fused-ring (bicyclic) bond motifs is 1. The predicted molar refractivity (Wildman–Crippen MR) is 152 cm³/mol. The molecule has 8 heteroatoms. The minimum absolute atomic E-state index is 0.0737. The average Bonchev–Trinajstić information content (AvgIpc) is 3.23. The number of aromatic nitrogens is 1. The Morgan fingerprint density at radius 3 is 2.23 bits per heavy atom. The Bertz CT molecular complexity index is 1720. The molecule has 0 atom stereocenters. The quantitative estimate of drug-likeness (QED) is 0.165. The lowest BCUT2D eigenvalue weighted by Gasteiger charge is -2.10. The van der Waals surface area contributed by atoms with Gasteiger partial charge in [-0.3, -0.25) is 14.2 Å².